The highest BCUT2D eigenvalue weighted by atomic mass is 33.1. The van der Waals surface area contributed by atoms with Crippen molar-refractivity contribution in [1.82, 2.24) is 19.7 Å². The van der Waals surface area contributed by atoms with Crippen LogP contribution in [-0.2, 0) is 36.3 Å². The van der Waals surface area contributed by atoms with Crippen LogP contribution in [0.4, 0.5) is 5.95 Å². The molecule has 1 saturated heterocycles. The van der Waals surface area contributed by atoms with Crippen molar-refractivity contribution in [2.24, 2.45) is 0 Å². The Labute approximate surface area is 210 Å². The maximum atomic E-state index is 12.1. The summed E-state index contributed by atoms with van der Waals surface area (Å²) in [6.07, 6.45) is 0.482. The largest absolute Gasteiger partial charge is 0.490 e. The van der Waals surface area contributed by atoms with Crippen molar-refractivity contribution in [3.8, 4) is 0 Å². The Kier molecular flexibility index (Phi) is 9.51. The van der Waals surface area contributed by atoms with E-state index in [9.17, 15) is 28.3 Å². The van der Waals surface area contributed by atoms with Crippen molar-refractivity contribution in [3.63, 3.8) is 0 Å². The van der Waals surface area contributed by atoms with Crippen molar-refractivity contribution in [1.29, 1.82) is 0 Å². The number of hydrogen-bond donors (Lipinski definition) is 6. The molecule has 6 atom stereocenters. The molecule has 0 aromatic carbocycles. The molecular formula is C13H22N5O13P3S2. The predicted octanol–water partition coefficient (Wildman–Crippen LogP) is 1.07. The summed E-state index contributed by atoms with van der Waals surface area (Å²) >= 11 is 0. The number of aromatic nitrogens is 4. The molecule has 23 heteroatoms. The van der Waals surface area contributed by atoms with Crippen LogP contribution < -0.4 is 11.3 Å². The molecule has 0 saturated carbocycles. The quantitative estimate of drug-likeness (QED) is 0.111. The zero-order chi connectivity index (χ0) is 26.9. The SMILES string of the molecule is CSS[C@H](C)O[C@@H]1C[C@H](n2ncc3c(=O)[nH]c(N)nc32)O[C@@H]1COP(=O)(O)OP(=O)(O)OP(=O)(O)O. The van der Waals surface area contributed by atoms with Gasteiger partial charge in [0, 0.05) is 6.42 Å². The minimum absolute atomic E-state index is 0.111. The first kappa shape index (κ1) is 29.7. The summed E-state index contributed by atoms with van der Waals surface area (Å²) in [5, 5.41) is 4.25. The second-order valence-corrected chi connectivity index (χ2v) is 14.2. The molecule has 3 rings (SSSR count). The Morgan fingerprint density at radius 3 is 2.61 bits per heavy atom. The lowest BCUT2D eigenvalue weighted by Crippen LogP contribution is -2.30. The van der Waals surface area contributed by atoms with Crippen molar-refractivity contribution in [3.05, 3.63) is 16.6 Å². The van der Waals surface area contributed by atoms with E-state index >= 15 is 0 Å². The van der Waals surface area contributed by atoms with Crippen LogP contribution in [0.1, 0.15) is 19.6 Å². The van der Waals surface area contributed by atoms with E-state index in [1.54, 1.807) is 6.92 Å². The molecule has 0 spiro atoms. The van der Waals surface area contributed by atoms with Gasteiger partial charge in [-0.1, -0.05) is 21.6 Å². The fourth-order valence-corrected chi connectivity index (χ4v) is 7.62. The molecule has 2 aromatic heterocycles. The monoisotopic (exact) mass is 613 g/mol. The number of aromatic amines is 1. The topological polar surface area (TPSA) is 268 Å². The van der Waals surface area contributed by atoms with Crippen LogP contribution in [0.3, 0.4) is 0 Å². The first-order chi connectivity index (χ1) is 16.6. The molecule has 1 aliphatic rings. The Morgan fingerprint density at radius 1 is 1.28 bits per heavy atom. The van der Waals surface area contributed by atoms with Gasteiger partial charge < -0.3 is 34.8 Å². The summed E-state index contributed by atoms with van der Waals surface area (Å²) < 4.78 is 59.6. The standard InChI is InChI=1S/C13H22N5O13P3S2/c1-6(36-35-2)28-8-3-10(18-11-7(4-15-18)12(19)17-13(14)16-11)29-9(8)5-27-33(23,24)31-34(25,26)30-32(20,21)22/h4,6,8-10H,3,5H2,1-2H3,(H,23,24)(H,25,26)(H2,20,21,22)(H3,14,16,17,19)/t6-,8-,9-,10-/m1/s1. The average Bonchev–Trinajstić information content (AvgIpc) is 3.27. The molecule has 0 radical (unpaired) electrons. The molecule has 3 heterocycles. The van der Waals surface area contributed by atoms with Crippen molar-refractivity contribution in [2.45, 2.75) is 37.2 Å². The van der Waals surface area contributed by atoms with Gasteiger partial charge in [-0.15, -0.1) is 0 Å². The normalized spacial score (nSPS) is 25.0. The van der Waals surface area contributed by atoms with Gasteiger partial charge in [-0.2, -0.15) is 18.7 Å². The number of ether oxygens (including phenoxy) is 2. The van der Waals surface area contributed by atoms with E-state index < -0.39 is 54.1 Å². The van der Waals surface area contributed by atoms with E-state index in [1.807, 2.05) is 6.26 Å². The van der Waals surface area contributed by atoms with Gasteiger partial charge >= 0.3 is 23.5 Å². The van der Waals surface area contributed by atoms with Gasteiger partial charge in [0.1, 0.15) is 16.9 Å². The van der Waals surface area contributed by atoms with E-state index in [0.29, 0.717) is 0 Å². The highest BCUT2D eigenvalue weighted by Crippen LogP contribution is 2.66. The molecule has 2 unspecified atom stereocenters. The smallest absolute Gasteiger partial charge is 0.369 e. The van der Waals surface area contributed by atoms with E-state index in [2.05, 4.69) is 23.7 Å². The van der Waals surface area contributed by atoms with Gasteiger partial charge in [0.05, 0.1) is 18.9 Å². The third kappa shape index (κ3) is 8.09. The van der Waals surface area contributed by atoms with Gasteiger partial charge in [0.2, 0.25) is 5.95 Å². The number of rotatable bonds is 12. The summed E-state index contributed by atoms with van der Waals surface area (Å²) in [6, 6.07) is 0. The molecule has 0 aliphatic carbocycles. The molecule has 0 bridgehead atoms. The van der Waals surface area contributed by atoms with Crippen LogP contribution in [-0.4, -0.2) is 69.8 Å². The number of phosphoric acid groups is 3. The number of nitrogens with one attached hydrogen (secondary N) is 1. The van der Waals surface area contributed by atoms with Crippen molar-refractivity contribution < 1.29 is 55.9 Å². The Hall–Kier alpha value is -0.820. The molecule has 204 valence electrons. The maximum absolute atomic E-state index is 12.1. The van der Waals surface area contributed by atoms with E-state index in [4.69, 9.17) is 29.5 Å². The summed E-state index contributed by atoms with van der Waals surface area (Å²) in [5.41, 5.74) is 4.83. The van der Waals surface area contributed by atoms with Gasteiger partial charge in [0.15, 0.2) is 11.9 Å². The number of hydrogen-bond acceptors (Lipinski definition) is 14. The summed E-state index contributed by atoms with van der Waals surface area (Å²) in [7, 11) is -13.8. The third-order valence-corrected chi connectivity index (χ3v) is 10.1. The Balaban J connectivity index is 1.78. The Bertz CT molecular complexity index is 1290. The molecule has 0 amide bonds. The molecule has 7 N–H and O–H groups in total. The molecular weight excluding hydrogens is 591 g/mol. The zero-order valence-electron chi connectivity index (χ0n) is 18.3. The van der Waals surface area contributed by atoms with Crippen LogP contribution in [0.2, 0.25) is 0 Å². The number of phosphoric ester groups is 1. The van der Waals surface area contributed by atoms with Gasteiger partial charge in [-0.05, 0) is 13.2 Å². The Morgan fingerprint density at radius 2 is 1.97 bits per heavy atom. The minimum Gasteiger partial charge on any atom is -0.369 e. The number of anilines is 1. The first-order valence-corrected chi connectivity index (χ1v) is 16.7. The van der Waals surface area contributed by atoms with Gasteiger partial charge in [-0.25, -0.2) is 18.4 Å². The molecule has 36 heavy (non-hydrogen) atoms. The van der Waals surface area contributed by atoms with E-state index in [-0.39, 0.29) is 28.8 Å². The maximum Gasteiger partial charge on any atom is 0.490 e. The summed E-state index contributed by atoms with van der Waals surface area (Å²) in [5.74, 6) is -0.158. The predicted molar refractivity (Wildman–Crippen MR) is 126 cm³/mol. The van der Waals surface area contributed by atoms with Crippen LogP contribution in [0.25, 0.3) is 11.0 Å². The number of nitrogen functional groups attached to an aromatic ring is 1. The number of fused-ring (bicyclic) bond motifs is 1. The molecule has 2 aromatic rings. The number of nitrogens with two attached hydrogens (primary N) is 1. The van der Waals surface area contributed by atoms with Gasteiger partial charge in [-0.3, -0.25) is 14.3 Å². The summed E-state index contributed by atoms with van der Waals surface area (Å²) in [4.78, 5) is 54.8. The van der Waals surface area contributed by atoms with E-state index in [0.717, 1.165) is 0 Å². The molecule has 1 aliphatic heterocycles. The lowest BCUT2D eigenvalue weighted by molar-refractivity contribution is -0.0640. The second-order valence-electron chi connectivity index (χ2n) is 7.03. The highest BCUT2D eigenvalue weighted by Gasteiger charge is 2.44. The van der Waals surface area contributed by atoms with Crippen LogP contribution in [0, 0.1) is 0 Å². The fourth-order valence-electron chi connectivity index (χ4n) is 3.18. The zero-order valence-corrected chi connectivity index (χ0v) is 22.7. The third-order valence-electron chi connectivity index (χ3n) is 4.35. The van der Waals surface area contributed by atoms with Crippen molar-refractivity contribution in [2.75, 3.05) is 18.6 Å². The summed E-state index contributed by atoms with van der Waals surface area (Å²) in [6.45, 7) is 1.02. The number of H-pyrrole nitrogens is 1. The lowest BCUT2D eigenvalue weighted by Gasteiger charge is -2.23. The van der Waals surface area contributed by atoms with Crippen LogP contribution in [0.15, 0.2) is 11.0 Å². The second kappa shape index (κ2) is 11.5. The van der Waals surface area contributed by atoms with Gasteiger partial charge in [0.25, 0.3) is 5.56 Å². The molecule has 1 fully saturated rings. The highest BCUT2D eigenvalue weighted by molar-refractivity contribution is 8.76. The fraction of sp³-hybridized carbons (Fsp3) is 0.615. The first-order valence-electron chi connectivity index (χ1n) is 9.61. The lowest BCUT2D eigenvalue weighted by atomic mass is 10.2. The minimum atomic E-state index is -5.68. The van der Waals surface area contributed by atoms with Crippen LogP contribution in [0.5, 0.6) is 0 Å². The number of nitrogens with zero attached hydrogens (tertiary/aromatic N) is 3. The average molecular weight is 613 g/mol. The van der Waals surface area contributed by atoms with Crippen LogP contribution >= 0.6 is 45.1 Å². The molecule has 18 nitrogen and oxygen atoms in total. The van der Waals surface area contributed by atoms with E-state index in [1.165, 1.54) is 32.5 Å². The van der Waals surface area contributed by atoms with Crippen molar-refractivity contribution >= 4 is 62.0 Å².